The Morgan fingerprint density at radius 1 is 1.15 bits per heavy atom. The first-order valence-electron chi connectivity index (χ1n) is 9.14. The number of hydrogen-bond acceptors (Lipinski definition) is 5. The fourth-order valence-electron chi connectivity index (χ4n) is 3.56. The van der Waals surface area contributed by atoms with Crippen molar-refractivity contribution in [2.24, 2.45) is 5.92 Å². The molecule has 0 saturated heterocycles. The molecule has 0 spiro atoms. The standard InChI is InChI=1S/C20H22N2O4S/c1-11-3-5-13-16(9-11)27-20(17(13)19(24)21-2)22-18(23)12-4-6-14-15(10-12)26-8-7-25-14/h4,6,10-11H,3,5,7-9H2,1-2H3,(H,21,24)(H,22,23). The molecular formula is C20H22N2O4S. The van der Waals surface area contributed by atoms with Crippen molar-refractivity contribution in [3.8, 4) is 11.5 Å². The van der Waals surface area contributed by atoms with Crippen LogP contribution in [0.3, 0.4) is 0 Å². The van der Waals surface area contributed by atoms with E-state index in [-0.39, 0.29) is 11.8 Å². The van der Waals surface area contributed by atoms with E-state index in [0.29, 0.717) is 46.8 Å². The summed E-state index contributed by atoms with van der Waals surface area (Å²) >= 11 is 1.51. The lowest BCUT2D eigenvalue weighted by Gasteiger charge is -2.19. The van der Waals surface area contributed by atoms with Gasteiger partial charge in [-0.25, -0.2) is 0 Å². The molecule has 1 aromatic heterocycles. The Morgan fingerprint density at radius 3 is 2.70 bits per heavy atom. The Balaban J connectivity index is 1.64. The maximum Gasteiger partial charge on any atom is 0.256 e. The van der Waals surface area contributed by atoms with Gasteiger partial charge in [-0.3, -0.25) is 9.59 Å². The fourth-order valence-corrected chi connectivity index (χ4v) is 4.97. The smallest absolute Gasteiger partial charge is 0.256 e. The number of nitrogens with one attached hydrogen (secondary N) is 2. The Hall–Kier alpha value is -2.54. The minimum Gasteiger partial charge on any atom is -0.486 e. The van der Waals surface area contributed by atoms with Gasteiger partial charge in [-0.2, -0.15) is 0 Å². The largest absolute Gasteiger partial charge is 0.486 e. The molecular weight excluding hydrogens is 364 g/mol. The van der Waals surface area contributed by atoms with Crippen molar-refractivity contribution in [2.75, 3.05) is 25.6 Å². The molecule has 142 valence electrons. The van der Waals surface area contributed by atoms with E-state index in [2.05, 4.69) is 17.6 Å². The molecule has 1 unspecified atom stereocenters. The number of hydrogen-bond donors (Lipinski definition) is 2. The molecule has 4 rings (SSSR count). The van der Waals surface area contributed by atoms with Gasteiger partial charge in [0.25, 0.3) is 11.8 Å². The molecule has 2 N–H and O–H groups in total. The molecule has 1 aliphatic heterocycles. The zero-order valence-electron chi connectivity index (χ0n) is 15.4. The minimum absolute atomic E-state index is 0.153. The van der Waals surface area contributed by atoms with Crippen LogP contribution in [-0.2, 0) is 12.8 Å². The van der Waals surface area contributed by atoms with Gasteiger partial charge in [-0.1, -0.05) is 6.92 Å². The highest BCUT2D eigenvalue weighted by atomic mass is 32.1. The molecule has 0 bridgehead atoms. The third-order valence-corrected chi connectivity index (χ3v) is 6.17. The van der Waals surface area contributed by atoms with E-state index in [1.54, 1.807) is 25.2 Å². The van der Waals surface area contributed by atoms with Gasteiger partial charge in [-0.15, -0.1) is 11.3 Å². The second kappa shape index (κ2) is 7.23. The van der Waals surface area contributed by atoms with Gasteiger partial charge >= 0.3 is 0 Å². The number of thiophene rings is 1. The first-order chi connectivity index (χ1) is 13.1. The summed E-state index contributed by atoms with van der Waals surface area (Å²) in [5.41, 5.74) is 2.16. The molecule has 0 saturated carbocycles. The Kier molecular flexibility index (Phi) is 4.78. The van der Waals surface area contributed by atoms with Crippen molar-refractivity contribution in [3.63, 3.8) is 0 Å². The highest BCUT2D eigenvalue weighted by Crippen LogP contribution is 2.40. The number of benzene rings is 1. The van der Waals surface area contributed by atoms with Gasteiger partial charge < -0.3 is 20.1 Å². The predicted octanol–water partition coefficient (Wildman–Crippen LogP) is 3.26. The minimum atomic E-state index is -0.260. The average Bonchev–Trinajstić information content (AvgIpc) is 3.03. The second-order valence-electron chi connectivity index (χ2n) is 6.95. The van der Waals surface area contributed by atoms with Crippen LogP contribution in [0.1, 0.15) is 44.5 Å². The SMILES string of the molecule is CNC(=O)c1c(NC(=O)c2ccc3c(c2)OCCO3)sc2c1CCC(C)C2. The monoisotopic (exact) mass is 386 g/mol. The molecule has 27 heavy (non-hydrogen) atoms. The summed E-state index contributed by atoms with van der Waals surface area (Å²) in [7, 11) is 1.62. The van der Waals surface area contributed by atoms with E-state index in [1.165, 1.54) is 16.2 Å². The molecule has 6 nitrogen and oxygen atoms in total. The second-order valence-corrected chi connectivity index (χ2v) is 8.05. The van der Waals surface area contributed by atoms with Crippen LogP contribution < -0.4 is 20.1 Å². The van der Waals surface area contributed by atoms with Crippen LogP contribution in [0.4, 0.5) is 5.00 Å². The molecule has 1 atom stereocenters. The Morgan fingerprint density at radius 2 is 1.93 bits per heavy atom. The van der Waals surface area contributed by atoms with Crippen molar-refractivity contribution in [1.82, 2.24) is 5.32 Å². The van der Waals surface area contributed by atoms with Crippen LogP contribution in [0.5, 0.6) is 11.5 Å². The quantitative estimate of drug-likeness (QED) is 0.849. The number of rotatable bonds is 3. The van der Waals surface area contributed by atoms with Gasteiger partial charge in [0.05, 0.1) is 5.56 Å². The van der Waals surface area contributed by atoms with Crippen molar-refractivity contribution >= 4 is 28.2 Å². The molecule has 2 amide bonds. The number of fused-ring (bicyclic) bond motifs is 2. The molecule has 7 heteroatoms. The lowest BCUT2D eigenvalue weighted by Crippen LogP contribution is -2.23. The topological polar surface area (TPSA) is 76.7 Å². The van der Waals surface area contributed by atoms with E-state index in [4.69, 9.17) is 9.47 Å². The zero-order valence-corrected chi connectivity index (χ0v) is 16.2. The maximum atomic E-state index is 12.8. The first kappa shape index (κ1) is 17.9. The maximum absolute atomic E-state index is 12.8. The number of amides is 2. The van der Waals surface area contributed by atoms with Crippen molar-refractivity contribution in [1.29, 1.82) is 0 Å². The van der Waals surface area contributed by atoms with Crippen molar-refractivity contribution in [2.45, 2.75) is 26.2 Å². The summed E-state index contributed by atoms with van der Waals surface area (Å²) in [6.45, 7) is 3.19. The van der Waals surface area contributed by atoms with Crippen LogP contribution >= 0.6 is 11.3 Å². The highest BCUT2D eigenvalue weighted by Gasteiger charge is 2.28. The molecule has 2 heterocycles. The molecule has 2 aromatic rings. The first-order valence-corrected chi connectivity index (χ1v) is 9.96. The lowest BCUT2D eigenvalue weighted by atomic mass is 9.88. The molecule has 0 radical (unpaired) electrons. The lowest BCUT2D eigenvalue weighted by molar-refractivity contribution is 0.0963. The average molecular weight is 386 g/mol. The van der Waals surface area contributed by atoms with Gasteiger partial charge in [0.15, 0.2) is 11.5 Å². The van der Waals surface area contributed by atoms with Gasteiger partial charge in [0, 0.05) is 17.5 Å². The predicted molar refractivity (Wildman–Crippen MR) is 104 cm³/mol. The third kappa shape index (κ3) is 3.39. The van der Waals surface area contributed by atoms with E-state index < -0.39 is 0 Å². The number of carbonyl (C=O) groups is 2. The molecule has 1 aromatic carbocycles. The van der Waals surface area contributed by atoms with Gasteiger partial charge in [0.1, 0.15) is 18.2 Å². The van der Waals surface area contributed by atoms with Crippen molar-refractivity contribution in [3.05, 3.63) is 39.8 Å². The summed E-state index contributed by atoms with van der Waals surface area (Å²) < 4.78 is 11.1. The van der Waals surface area contributed by atoms with Crippen LogP contribution in [0.15, 0.2) is 18.2 Å². The number of carbonyl (C=O) groups excluding carboxylic acids is 2. The third-order valence-electron chi connectivity index (χ3n) is 5.00. The van der Waals surface area contributed by atoms with Gasteiger partial charge in [0.2, 0.25) is 0 Å². The van der Waals surface area contributed by atoms with Crippen LogP contribution in [-0.4, -0.2) is 32.1 Å². The van der Waals surface area contributed by atoms with E-state index in [9.17, 15) is 9.59 Å². The molecule has 2 aliphatic rings. The zero-order chi connectivity index (χ0) is 19.0. The van der Waals surface area contributed by atoms with Crippen molar-refractivity contribution < 1.29 is 19.1 Å². The van der Waals surface area contributed by atoms with E-state index in [1.807, 2.05) is 0 Å². The Labute approximate surface area is 161 Å². The molecule has 0 fully saturated rings. The Bertz CT molecular complexity index is 906. The van der Waals surface area contributed by atoms with Gasteiger partial charge in [-0.05, 0) is 48.9 Å². The fraction of sp³-hybridized carbons (Fsp3) is 0.400. The van der Waals surface area contributed by atoms with Crippen LogP contribution in [0.2, 0.25) is 0 Å². The highest BCUT2D eigenvalue weighted by molar-refractivity contribution is 7.17. The number of anilines is 1. The van der Waals surface area contributed by atoms with E-state index >= 15 is 0 Å². The van der Waals surface area contributed by atoms with E-state index in [0.717, 1.165) is 24.8 Å². The summed E-state index contributed by atoms with van der Waals surface area (Å²) in [6.07, 6.45) is 2.88. The summed E-state index contributed by atoms with van der Waals surface area (Å²) in [4.78, 5) is 26.5. The molecule has 1 aliphatic carbocycles. The van der Waals surface area contributed by atoms with Crippen LogP contribution in [0, 0.1) is 5.92 Å². The van der Waals surface area contributed by atoms with Crippen LogP contribution in [0.25, 0.3) is 0 Å². The summed E-state index contributed by atoms with van der Waals surface area (Å²) in [6, 6.07) is 5.13. The summed E-state index contributed by atoms with van der Waals surface area (Å²) in [5, 5.41) is 6.27. The normalized spacial score (nSPS) is 17.8. The number of ether oxygens (including phenoxy) is 2. The summed E-state index contributed by atoms with van der Waals surface area (Å²) in [5.74, 6) is 1.39.